The molecule has 1 amide bonds. The lowest BCUT2D eigenvalue weighted by atomic mass is 9.87. The highest BCUT2D eigenvalue weighted by molar-refractivity contribution is 6.36. The van der Waals surface area contributed by atoms with E-state index in [1.165, 1.54) is 0 Å². The largest absolute Gasteiger partial charge is 0.464 e. The molecule has 0 bridgehead atoms. The van der Waals surface area contributed by atoms with Gasteiger partial charge in [0.2, 0.25) is 5.91 Å². The van der Waals surface area contributed by atoms with E-state index in [0.717, 1.165) is 6.42 Å². The van der Waals surface area contributed by atoms with Crippen LogP contribution in [0.5, 0.6) is 0 Å². The lowest BCUT2D eigenvalue weighted by Crippen LogP contribution is -2.55. The van der Waals surface area contributed by atoms with E-state index in [4.69, 9.17) is 27.9 Å². The summed E-state index contributed by atoms with van der Waals surface area (Å²) >= 11 is 12.3. The van der Waals surface area contributed by atoms with Crippen molar-refractivity contribution in [2.24, 2.45) is 5.92 Å². The highest BCUT2D eigenvalue weighted by Gasteiger charge is 2.39. The quantitative estimate of drug-likeness (QED) is 0.747. The van der Waals surface area contributed by atoms with E-state index < -0.39 is 6.04 Å². The summed E-state index contributed by atoms with van der Waals surface area (Å²) in [4.78, 5) is 26.9. The molecular weight excluding hydrogens is 349 g/mol. The summed E-state index contributed by atoms with van der Waals surface area (Å²) in [5.41, 5.74) is 0.597. The third kappa shape index (κ3) is 4.22. The van der Waals surface area contributed by atoms with E-state index in [1.807, 2.05) is 6.92 Å². The molecule has 132 valence electrons. The van der Waals surface area contributed by atoms with Crippen LogP contribution in [0.3, 0.4) is 0 Å². The fourth-order valence-corrected chi connectivity index (χ4v) is 3.94. The van der Waals surface area contributed by atoms with Gasteiger partial charge in [-0.25, -0.2) is 4.79 Å². The first-order chi connectivity index (χ1) is 11.3. The zero-order valence-corrected chi connectivity index (χ0v) is 15.7. The standard InChI is InChI=1S/C18H23Cl2NO3/c1-4-24-18(23)16-9-11(2)8-12(3)21(16)17(22)10-13-14(19)6-5-7-15(13)20/h5-7,11-12,16H,4,8-10H2,1-3H3. The average Bonchev–Trinajstić information content (AvgIpc) is 2.50. The van der Waals surface area contributed by atoms with Crippen LogP contribution in [-0.2, 0) is 20.7 Å². The Bertz CT molecular complexity index is 600. The third-order valence-corrected chi connectivity index (χ3v) is 5.12. The molecule has 3 atom stereocenters. The second-order valence-corrected chi connectivity index (χ2v) is 7.19. The van der Waals surface area contributed by atoms with Crippen molar-refractivity contribution in [2.75, 3.05) is 6.61 Å². The molecule has 0 saturated carbocycles. The molecule has 0 aromatic heterocycles. The molecule has 1 fully saturated rings. The molecule has 0 radical (unpaired) electrons. The Morgan fingerprint density at radius 3 is 2.42 bits per heavy atom. The Morgan fingerprint density at radius 2 is 1.83 bits per heavy atom. The van der Waals surface area contributed by atoms with Crippen molar-refractivity contribution >= 4 is 35.1 Å². The van der Waals surface area contributed by atoms with Gasteiger partial charge >= 0.3 is 5.97 Å². The van der Waals surface area contributed by atoms with Crippen LogP contribution >= 0.6 is 23.2 Å². The van der Waals surface area contributed by atoms with Gasteiger partial charge in [0.1, 0.15) is 6.04 Å². The van der Waals surface area contributed by atoms with Gasteiger partial charge in [0.05, 0.1) is 13.0 Å². The third-order valence-electron chi connectivity index (χ3n) is 4.42. The summed E-state index contributed by atoms with van der Waals surface area (Å²) in [5.74, 6) is -0.126. The van der Waals surface area contributed by atoms with Crippen molar-refractivity contribution in [1.82, 2.24) is 4.90 Å². The normalized spacial score (nSPS) is 23.9. The van der Waals surface area contributed by atoms with E-state index in [0.29, 0.717) is 34.6 Å². The maximum absolute atomic E-state index is 12.9. The van der Waals surface area contributed by atoms with Crippen molar-refractivity contribution in [1.29, 1.82) is 0 Å². The minimum atomic E-state index is -0.544. The van der Waals surface area contributed by atoms with E-state index >= 15 is 0 Å². The number of amides is 1. The van der Waals surface area contributed by atoms with Gasteiger partial charge in [0, 0.05) is 16.1 Å². The molecule has 1 aliphatic rings. The fourth-order valence-electron chi connectivity index (χ4n) is 3.41. The molecule has 1 aromatic rings. The molecular formula is C18H23Cl2NO3. The lowest BCUT2D eigenvalue weighted by molar-refractivity contribution is -0.160. The summed E-state index contributed by atoms with van der Waals surface area (Å²) in [5, 5.41) is 0.920. The number of likely N-dealkylation sites (tertiary alicyclic amines) is 1. The van der Waals surface area contributed by atoms with Gasteiger partial charge in [0.15, 0.2) is 0 Å². The molecule has 1 aliphatic heterocycles. The molecule has 0 spiro atoms. The van der Waals surface area contributed by atoms with Gasteiger partial charge in [-0.1, -0.05) is 36.2 Å². The Kier molecular flexibility index (Phi) is 6.53. The van der Waals surface area contributed by atoms with Gasteiger partial charge in [-0.05, 0) is 50.3 Å². The maximum atomic E-state index is 12.9. The summed E-state index contributed by atoms with van der Waals surface area (Å²) in [6, 6.07) is 4.58. The zero-order chi connectivity index (χ0) is 17.9. The van der Waals surface area contributed by atoms with Gasteiger partial charge < -0.3 is 9.64 Å². The van der Waals surface area contributed by atoms with Crippen LogP contribution in [-0.4, -0.2) is 35.5 Å². The van der Waals surface area contributed by atoms with Gasteiger partial charge in [-0.15, -0.1) is 0 Å². The number of esters is 1. The van der Waals surface area contributed by atoms with Gasteiger partial charge in [-0.3, -0.25) is 4.79 Å². The minimum Gasteiger partial charge on any atom is -0.464 e. The molecule has 0 N–H and O–H groups in total. The second kappa shape index (κ2) is 8.21. The van der Waals surface area contributed by atoms with Crippen LogP contribution in [0.15, 0.2) is 18.2 Å². The van der Waals surface area contributed by atoms with Crippen LogP contribution < -0.4 is 0 Å². The molecule has 1 saturated heterocycles. The molecule has 3 unspecified atom stereocenters. The van der Waals surface area contributed by atoms with Crippen molar-refractivity contribution < 1.29 is 14.3 Å². The summed E-state index contributed by atoms with van der Waals surface area (Å²) in [6.45, 7) is 6.13. The predicted molar refractivity (Wildman–Crippen MR) is 95.3 cm³/mol. The van der Waals surface area contributed by atoms with Crippen molar-refractivity contribution in [3.05, 3.63) is 33.8 Å². The lowest BCUT2D eigenvalue weighted by Gasteiger charge is -2.42. The first-order valence-electron chi connectivity index (χ1n) is 8.25. The number of rotatable bonds is 4. The number of piperidine rings is 1. The number of carbonyl (C=O) groups excluding carboxylic acids is 2. The van der Waals surface area contributed by atoms with Crippen LogP contribution in [0.25, 0.3) is 0 Å². The van der Waals surface area contributed by atoms with E-state index in [-0.39, 0.29) is 24.3 Å². The molecule has 0 aliphatic carbocycles. The zero-order valence-electron chi connectivity index (χ0n) is 14.2. The van der Waals surface area contributed by atoms with Crippen LogP contribution in [0, 0.1) is 5.92 Å². The highest BCUT2D eigenvalue weighted by Crippen LogP contribution is 2.31. The van der Waals surface area contributed by atoms with Gasteiger partial charge in [-0.2, -0.15) is 0 Å². The smallest absolute Gasteiger partial charge is 0.328 e. The van der Waals surface area contributed by atoms with Crippen LogP contribution in [0.4, 0.5) is 0 Å². The molecule has 2 rings (SSSR count). The number of nitrogens with zero attached hydrogens (tertiary/aromatic N) is 1. The number of ether oxygens (including phenoxy) is 1. The maximum Gasteiger partial charge on any atom is 0.328 e. The number of hydrogen-bond donors (Lipinski definition) is 0. The fraction of sp³-hybridized carbons (Fsp3) is 0.556. The Labute approximate surface area is 153 Å². The van der Waals surface area contributed by atoms with Crippen molar-refractivity contribution in [3.8, 4) is 0 Å². The van der Waals surface area contributed by atoms with Gasteiger partial charge in [0.25, 0.3) is 0 Å². The number of hydrogen-bond acceptors (Lipinski definition) is 3. The summed E-state index contributed by atoms with van der Waals surface area (Å²) < 4.78 is 5.17. The highest BCUT2D eigenvalue weighted by atomic mass is 35.5. The molecule has 1 heterocycles. The average molecular weight is 372 g/mol. The van der Waals surface area contributed by atoms with E-state index in [1.54, 1.807) is 30.0 Å². The topological polar surface area (TPSA) is 46.6 Å². The number of carbonyl (C=O) groups is 2. The summed E-state index contributed by atoms with van der Waals surface area (Å²) in [7, 11) is 0. The van der Waals surface area contributed by atoms with Crippen molar-refractivity contribution in [2.45, 2.75) is 52.1 Å². The molecule has 6 heteroatoms. The Morgan fingerprint density at radius 1 is 1.21 bits per heavy atom. The summed E-state index contributed by atoms with van der Waals surface area (Å²) in [6.07, 6.45) is 1.55. The monoisotopic (exact) mass is 371 g/mol. The van der Waals surface area contributed by atoms with Crippen molar-refractivity contribution in [3.63, 3.8) is 0 Å². The second-order valence-electron chi connectivity index (χ2n) is 6.37. The first kappa shape index (κ1) is 19.1. The first-order valence-corrected chi connectivity index (χ1v) is 9.01. The molecule has 1 aromatic carbocycles. The number of halogens is 2. The minimum absolute atomic E-state index is 0.0306. The van der Waals surface area contributed by atoms with E-state index in [2.05, 4.69) is 6.92 Å². The SMILES string of the molecule is CCOC(=O)C1CC(C)CC(C)N1C(=O)Cc1c(Cl)cccc1Cl. The predicted octanol–water partition coefficient (Wildman–Crippen LogP) is 4.11. The van der Waals surface area contributed by atoms with Crippen LogP contribution in [0.1, 0.15) is 39.2 Å². The number of benzene rings is 1. The Hall–Kier alpha value is -1.26. The molecule has 4 nitrogen and oxygen atoms in total. The Balaban J connectivity index is 2.24. The van der Waals surface area contributed by atoms with E-state index in [9.17, 15) is 9.59 Å². The molecule has 24 heavy (non-hydrogen) atoms. The van der Waals surface area contributed by atoms with Crippen LogP contribution in [0.2, 0.25) is 10.0 Å².